The molecule has 1 heterocycles. The van der Waals surface area contributed by atoms with Gasteiger partial charge in [0, 0.05) is 25.3 Å². The van der Waals surface area contributed by atoms with Crippen molar-refractivity contribution < 1.29 is 9.59 Å². The number of carbonyl (C=O) groups is 2. The average molecular weight is 424 g/mol. The molecule has 1 atom stereocenters. The Balaban J connectivity index is 1.87. The largest absolute Gasteiger partial charge is 0.370 e. The number of benzene rings is 2. The van der Waals surface area contributed by atoms with Crippen molar-refractivity contribution in [3.63, 3.8) is 0 Å². The molecule has 0 aliphatic heterocycles. The Bertz CT molecular complexity index is 997. The quantitative estimate of drug-likeness (QED) is 0.478. The Morgan fingerprint density at radius 2 is 1.80 bits per heavy atom. The normalized spacial score (nSPS) is 11.9. The maximum atomic E-state index is 11.6. The predicted molar refractivity (Wildman–Crippen MR) is 119 cm³/mol. The van der Waals surface area contributed by atoms with Gasteiger partial charge in [0.25, 0.3) is 0 Å². The molecular weight excluding hydrogens is 398 g/mol. The molecule has 30 heavy (non-hydrogen) atoms. The standard InChI is InChI=1S/C24H26ClN3O2/c1-2-3-9-23-27-24(25)21(16-29)28(23)15-17-10-12-19(13-11-17)20(14-22(26)30)18-7-5-4-6-8-18/h4-8,10-13,16,20H,2-3,9,14-15H2,1H3,(H2,26,30). The highest BCUT2D eigenvalue weighted by atomic mass is 35.5. The average Bonchev–Trinajstić information content (AvgIpc) is 3.05. The lowest BCUT2D eigenvalue weighted by molar-refractivity contribution is -0.118. The van der Waals surface area contributed by atoms with Crippen LogP contribution >= 0.6 is 11.6 Å². The molecule has 0 aliphatic carbocycles. The van der Waals surface area contributed by atoms with Crippen LogP contribution in [0.5, 0.6) is 0 Å². The molecule has 0 radical (unpaired) electrons. The number of aryl methyl sites for hydroxylation is 1. The van der Waals surface area contributed by atoms with Gasteiger partial charge in [-0.05, 0) is 23.1 Å². The smallest absolute Gasteiger partial charge is 0.218 e. The van der Waals surface area contributed by atoms with Gasteiger partial charge in [-0.15, -0.1) is 0 Å². The number of aldehydes is 1. The third kappa shape index (κ3) is 5.16. The minimum Gasteiger partial charge on any atom is -0.370 e. The minimum atomic E-state index is -0.336. The first kappa shape index (κ1) is 21.8. The topological polar surface area (TPSA) is 78.0 Å². The molecule has 0 aliphatic rings. The highest BCUT2D eigenvalue weighted by Crippen LogP contribution is 2.28. The number of imidazole rings is 1. The molecule has 2 N–H and O–H groups in total. The Morgan fingerprint density at radius 3 is 2.40 bits per heavy atom. The zero-order chi connectivity index (χ0) is 21.5. The maximum absolute atomic E-state index is 11.6. The number of aromatic nitrogens is 2. The second-order valence-electron chi connectivity index (χ2n) is 7.39. The van der Waals surface area contributed by atoms with Crippen LogP contribution in [0.15, 0.2) is 54.6 Å². The fraction of sp³-hybridized carbons (Fsp3) is 0.292. The molecule has 1 unspecified atom stereocenters. The van der Waals surface area contributed by atoms with Crippen molar-refractivity contribution in [1.82, 2.24) is 9.55 Å². The highest BCUT2D eigenvalue weighted by molar-refractivity contribution is 6.31. The minimum absolute atomic E-state index is 0.0916. The zero-order valence-corrected chi connectivity index (χ0v) is 17.8. The summed E-state index contributed by atoms with van der Waals surface area (Å²) in [5, 5.41) is 0.248. The Morgan fingerprint density at radius 1 is 1.13 bits per heavy atom. The fourth-order valence-corrected chi connectivity index (χ4v) is 3.89. The fourth-order valence-electron chi connectivity index (χ4n) is 3.65. The Hall–Kier alpha value is -2.92. The molecule has 0 saturated heterocycles. The van der Waals surface area contributed by atoms with E-state index in [0.717, 1.165) is 48.1 Å². The second-order valence-corrected chi connectivity index (χ2v) is 7.74. The summed E-state index contributed by atoms with van der Waals surface area (Å²) >= 11 is 6.17. The maximum Gasteiger partial charge on any atom is 0.218 e. The van der Waals surface area contributed by atoms with Crippen molar-refractivity contribution >= 4 is 23.8 Å². The van der Waals surface area contributed by atoms with Crippen molar-refractivity contribution in [2.24, 2.45) is 5.73 Å². The van der Waals surface area contributed by atoms with Gasteiger partial charge in [-0.3, -0.25) is 9.59 Å². The SMILES string of the molecule is CCCCc1nc(Cl)c(C=O)n1Cc1ccc(C(CC(N)=O)c2ccccc2)cc1. The van der Waals surface area contributed by atoms with Crippen molar-refractivity contribution in [2.75, 3.05) is 0 Å². The summed E-state index contributed by atoms with van der Waals surface area (Å²) in [6, 6.07) is 17.9. The molecule has 2 aromatic carbocycles. The van der Waals surface area contributed by atoms with Gasteiger partial charge < -0.3 is 10.3 Å². The molecule has 6 heteroatoms. The molecule has 156 valence electrons. The summed E-state index contributed by atoms with van der Waals surface area (Å²) in [5.41, 5.74) is 9.00. The predicted octanol–water partition coefficient (Wildman–Crippen LogP) is 4.75. The lowest BCUT2D eigenvalue weighted by Crippen LogP contribution is -2.16. The van der Waals surface area contributed by atoms with Crippen LogP contribution in [-0.4, -0.2) is 21.7 Å². The van der Waals surface area contributed by atoms with E-state index in [2.05, 4.69) is 11.9 Å². The van der Waals surface area contributed by atoms with Crippen molar-refractivity contribution in [1.29, 1.82) is 0 Å². The van der Waals surface area contributed by atoms with E-state index in [1.807, 2.05) is 59.2 Å². The summed E-state index contributed by atoms with van der Waals surface area (Å²) in [4.78, 5) is 27.5. The second kappa shape index (κ2) is 10.2. The van der Waals surface area contributed by atoms with E-state index >= 15 is 0 Å². The molecule has 0 saturated carbocycles. The van der Waals surface area contributed by atoms with Crippen molar-refractivity contribution in [3.05, 3.63) is 88.0 Å². The highest BCUT2D eigenvalue weighted by Gasteiger charge is 2.18. The van der Waals surface area contributed by atoms with Crippen LogP contribution in [0.1, 0.15) is 65.1 Å². The lowest BCUT2D eigenvalue weighted by atomic mass is 9.88. The van der Waals surface area contributed by atoms with Gasteiger partial charge in [0.05, 0.1) is 0 Å². The molecule has 3 aromatic rings. The number of primary amides is 1. The molecule has 0 spiro atoms. The van der Waals surface area contributed by atoms with Crippen LogP contribution in [0.2, 0.25) is 5.15 Å². The van der Waals surface area contributed by atoms with Crippen LogP contribution in [-0.2, 0) is 17.8 Å². The van der Waals surface area contributed by atoms with Gasteiger partial charge in [0.1, 0.15) is 11.5 Å². The third-order valence-electron chi connectivity index (χ3n) is 5.24. The Labute approximate surface area is 181 Å². The van der Waals surface area contributed by atoms with Crippen LogP contribution in [0.4, 0.5) is 0 Å². The summed E-state index contributed by atoms with van der Waals surface area (Å²) in [6.45, 7) is 2.63. The first-order chi connectivity index (χ1) is 14.5. The molecule has 0 bridgehead atoms. The van der Waals surface area contributed by atoms with Crippen LogP contribution in [0.3, 0.4) is 0 Å². The third-order valence-corrected chi connectivity index (χ3v) is 5.51. The molecular formula is C24H26ClN3O2. The number of amides is 1. The number of hydrogen-bond donors (Lipinski definition) is 1. The summed E-state index contributed by atoms with van der Waals surface area (Å²) in [7, 11) is 0. The van der Waals surface area contributed by atoms with E-state index in [1.165, 1.54) is 0 Å². The molecule has 3 rings (SSSR count). The molecule has 1 amide bonds. The summed E-state index contributed by atoms with van der Waals surface area (Å²) in [5.74, 6) is 0.396. The van der Waals surface area contributed by atoms with Crippen molar-refractivity contribution in [3.8, 4) is 0 Å². The first-order valence-corrected chi connectivity index (χ1v) is 10.5. The van der Waals surface area contributed by atoms with E-state index in [0.29, 0.717) is 12.2 Å². The molecule has 1 aromatic heterocycles. The van der Waals surface area contributed by atoms with Gasteiger partial charge in [-0.1, -0.05) is 79.5 Å². The van der Waals surface area contributed by atoms with Crippen molar-refractivity contribution in [2.45, 2.75) is 45.1 Å². The number of halogens is 1. The van der Waals surface area contributed by atoms with Gasteiger partial charge >= 0.3 is 0 Å². The number of unbranched alkanes of at least 4 members (excludes halogenated alkanes) is 1. The summed E-state index contributed by atoms with van der Waals surface area (Å²) < 4.78 is 1.89. The number of rotatable bonds is 10. The van der Waals surface area contributed by atoms with Crippen LogP contribution < -0.4 is 5.73 Å². The number of carbonyl (C=O) groups excluding carboxylic acids is 2. The molecule has 5 nitrogen and oxygen atoms in total. The van der Waals surface area contributed by atoms with Crippen LogP contribution in [0.25, 0.3) is 0 Å². The first-order valence-electron chi connectivity index (χ1n) is 10.2. The number of hydrogen-bond acceptors (Lipinski definition) is 3. The van der Waals surface area contributed by atoms with Gasteiger partial charge in [-0.2, -0.15) is 0 Å². The van der Waals surface area contributed by atoms with E-state index in [9.17, 15) is 9.59 Å². The zero-order valence-electron chi connectivity index (χ0n) is 17.1. The van der Waals surface area contributed by atoms with E-state index in [4.69, 9.17) is 17.3 Å². The Kier molecular flexibility index (Phi) is 7.41. The van der Waals surface area contributed by atoms with Gasteiger partial charge in [-0.25, -0.2) is 4.98 Å². The molecule has 0 fully saturated rings. The van der Waals surface area contributed by atoms with E-state index < -0.39 is 0 Å². The van der Waals surface area contributed by atoms with Crippen LogP contribution in [0, 0.1) is 0 Å². The van der Waals surface area contributed by atoms with E-state index in [-0.39, 0.29) is 23.4 Å². The van der Waals surface area contributed by atoms with Gasteiger partial charge in [0.2, 0.25) is 5.91 Å². The van der Waals surface area contributed by atoms with Gasteiger partial charge in [0.15, 0.2) is 11.4 Å². The number of nitrogens with two attached hydrogens (primary N) is 1. The monoisotopic (exact) mass is 423 g/mol. The lowest BCUT2D eigenvalue weighted by Gasteiger charge is -2.17. The van der Waals surface area contributed by atoms with E-state index in [1.54, 1.807) is 0 Å². The number of nitrogens with zero attached hydrogens (tertiary/aromatic N) is 2. The summed E-state index contributed by atoms with van der Waals surface area (Å²) in [6.07, 6.45) is 3.80.